The molecule has 1 aromatic carbocycles. The van der Waals surface area contributed by atoms with Crippen molar-refractivity contribution in [2.75, 3.05) is 28.6 Å². The second kappa shape index (κ2) is 8.28. The lowest BCUT2D eigenvalue weighted by atomic mass is 9.92. The van der Waals surface area contributed by atoms with Crippen LogP contribution in [0.3, 0.4) is 0 Å². The summed E-state index contributed by atoms with van der Waals surface area (Å²) in [7, 11) is 0. The minimum Gasteiger partial charge on any atom is -0.342 e. The number of H-pyrrole nitrogens is 1. The summed E-state index contributed by atoms with van der Waals surface area (Å²) in [4.78, 5) is 47.4. The van der Waals surface area contributed by atoms with Crippen molar-refractivity contribution < 1.29 is 9.59 Å². The molecule has 0 saturated carbocycles. The Labute approximate surface area is 183 Å². The van der Waals surface area contributed by atoms with E-state index in [1.807, 2.05) is 4.90 Å². The molecule has 3 N–H and O–H groups in total. The fourth-order valence-corrected chi connectivity index (χ4v) is 4.28. The van der Waals surface area contributed by atoms with Crippen LogP contribution in [-0.2, 0) is 9.59 Å². The first-order chi connectivity index (χ1) is 14.3. The number of benzene rings is 1. The molecule has 10 heteroatoms. The van der Waals surface area contributed by atoms with Crippen molar-refractivity contribution in [3.8, 4) is 0 Å². The number of fused-ring (bicyclic) bond motifs is 1. The zero-order valence-corrected chi connectivity index (χ0v) is 17.8. The lowest BCUT2D eigenvalue weighted by Gasteiger charge is -2.32. The van der Waals surface area contributed by atoms with Crippen LogP contribution in [0.1, 0.15) is 37.7 Å². The van der Waals surface area contributed by atoms with Gasteiger partial charge in [-0.05, 0) is 30.9 Å². The SMILES string of the molecule is CC1CCCN(c2nc3c(c(=O)[nH]2)C(C(=O)Nc2cccc(Cl)c2Cl)CC(=O)N3)C1. The van der Waals surface area contributed by atoms with Gasteiger partial charge in [0, 0.05) is 19.5 Å². The molecule has 0 spiro atoms. The van der Waals surface area contributed by atoms with Gasteiger partial charge in [-0.3, -0.25) is 19.4 Å². The number of piperidine rings is 1. The van der Waals surface area contributed by atoms with E-state index in [4.69, 9.17) is 23.2 Å². The molecule has 2 aromatic rings. The average Bonchev–Trinajstić information content (AvgIpc) is 2.70. The number of hydrogen-bond acceptors (Lipinski definition) is 5. The van der Waals surface area contributed by atoms with Crippen LogP contribution in [0.25, 0.3) is 0 Å². The van der Waals surface area contributed by atoms with Crippen molar-refractivity contribution in [1.82, 2.24) is 9.97 Å². The van der Waals surface area contributed by atoms with Crippen LogP contribution in [0.2, 0.25) is 10.0 Å². The number of aromatic amines is 1. The Hall–Kier alpha value is -2.58. The van der Waals surface area contributed by atoms with Crippen molar-refractivity contribution in [2.45, 2.75) is 32.1 Å². The van der Waals surface area contributed by atoms with Crippen LogP contribution in [0, 0.1) is 5.92 Å². The maximum absolute atomic E-state index is 12.9. The maximum atomic E-state index is 12.9. The van der Waals surface area contributed by atoms with Gasteiger partial charge in [0.05, 0.1) is 27.2 Å². The van der Waals surface area contributed by atoms with Gasteiger partial charge >= 0.3 is 0 Å². The molecule has 2 amide bonds. The van der Waals surface area contributed by atoms with E-state index in [1.54, 1.807) is 18.2 Å². The number of nitrogens with one attached hydrogen (secondary N) is 3. The fraction of sp³-hybridized carbons (Fsp3) is 0.400. The van der Waals surface area contributed by atoms with Gasteiger partial charge in [-0.2, -0.15) is 4.98 Å². The number of aromatic nitrogens is 2. The fourth-order valence-electron chi connectivity index (χ4n) is 3.94. The molecule has 2 aliphatic rings. The van der Waals surface area contributed by atoms with E-state index in [0.717, 1.165) is 25.9 Å². The highest BCUT2D eigenvalue weighted by atomic mass is 35.5. The summed E-state index contributed by atoms with van der Waals surface area (Å²) in [6.07, 6.45) is 1.96. The molecule has 2 unspecified atom stereocenters. The van der Waals surface area contributed by atoms with Crippen LogP contribution in [0.15, 0.2) is 23.0 Å². The third kappa shape index (κ3) is 4.02. The van der Waals surface area contributed by atoms with E-state index in [0.29, 0.717) is 17.6 Å². The molecule has 2 aliphatic heterocycles. The normalized spacial score (nSPS) is 21.0. The molecule has 1 saturated heterocycles. The van der Waals surface area contributed by atoms with Gasteiger partial charge in [-0.25, -0.2) is 0 Å². The Kier molecular flexibility index (Phi) is 5.71. The first kappa shape index (κ1) is 20.7. The van der Waals surface area contributed by atoms with Crippen LogP contribution in [-0.4, -0.2) is 34.9 Å². The van der Waals surface area contributed by atoms with E-state index in [-0.39, 0.29) is 33.8 Å². The molecule has 2 atom stereocenters. The van der Waals surface area contributed by atoms with E-state index < -0.39 is 17.4 Å². The summed E-state index contributed by atoms with van der Waals surface area (Å²) in [6, 6.07) is 4.84. The van der Waals surface area contributed by atoms with Gasteiger partial charge in [0.2, 0.25) is 17.8 Å². The minimum absolute atomic E-state index is 0.126. The summed E-state index contributed by atoms with van der Waals surface area (Å²) in [6.45, 7) is 3.69. The van der Waals surface area contributed by atoms with Gasteiger partial charge in [0.1, 0.15) is 5.82 Å². The monoisotopic (exact) mass is 449 g/mol. The third-order valence-electron chi connectivity index (χ3n) is 5.42. The molecule has 0 aliphatic carbocycles. The Balaban J connectivity index is 1.66. The summed E-state index contributed by atoms with van der Waals surface area (Å²) in [5.41, 5.74) is 0.00892. The average molecular weight is 450 g/mol. The van der Waals surface area contributed by atoms with Crippen molar-refractivity contribution in [2.24, 2.45) is 5.92 Å². The van der Waals surface area contributed by atoms with E-state index >= 15 is 0 Å². The Morgan fingerprint density at radius 3 is 2.87 bits per heavy atom. The van der Waals surface area contributed by atoms with Gasteiger partial charge in [0.15, 0.2) is 0 Å². The Bertz CT molecular complexity index is 1070. The lowest BCUT2D eigenvalue weighted by Crippen LogP contribution is -2.40. The van der Waals surface area contributed by atoms with Crippen LogP contribution >= 0.6 is 23.2 Å². The van der Waals surface area contributed by atoms with E-state index in [2.05, 4.69) is 27.5 Å². The number of carbonyl (C=O) groups excluding carboxylic acids is 2. The van der Waals surface area contributed by atoms with Crippen LogP contribution in [0.4, 0.5) is 17.5 Å². The lowest BCUT2D eigenvalue weighted by molar-refractivity contribution is -0.123. The van der Waals surface area contributed by atoms with Gasteiger partial charge in [0.25, 0.3) is 5.56 Å². The molecule has 30 heavy (non-hydrogen) atoms. The summed E-state index contributed by atoms with van der Waals surface area (Å²) in [5, 5.41) is 5.78. The minimum atomic E-state index is -0.991. The second-order valence-electron chi connectivity index (χ2n) is 7.74. The number of rotatable bonds is 3. The van der Waals surface area contributed by atoms with E-state index in [9.17, 15) is 14.4 Å². The molecule has 8 nitrogen and oxygen atoms in total. The van der Waals surface area contributed by atoms with Crippen molar-refractivity contribution >= 4 is 52.5 Å². The van der Waals surface area contributed by atoms with Crippen molar-refractivity contribution in [3.63, 3.8) is 0 Å². The topological polar surface area (TPSA) is 107 Å². The molecule has 0 bridgehead atoms. The molecule has 158 valence electrons. The standard InChI is InChI=1S/C20H21Cl2N5O3/c1-10-4-3-7-27(9-10)20-25-17-15(19(30)26-20)11(8-14(28)24-17)18(29)23-13-6-2-5-12(21)16(13)22/h2,5-6,10-11H,3-4,7-9H2,1H3,(H,23,29)(H2,24,25,26,28,30). The zero-order valence-electron chi connectivity index (χ0n) is 16.3. The van der Waals surface area contributed by atoms with Crippen molar-refractivity contribution in [1.29, 1.82) is 0 Å². The molecular formula is C20H21Cl2N5O3. The number of halogens is 2. The summed E-state index contributed by atoms with van der Waals surface area (Å²) >= 11 is 12.1. The highest BCUT2D eigenvalue weighted by Gasteiger charge is 2.35. The predicted molar refractivity (Wildman–Crippen MR) is 117 cm³/mol. The number of hydrogen-bond donors (Lipinski definition) is 3. The summed E-state index contributed by atoms with van der Waals surface area (Å²) < 4.78 is 0. The predicted octanol–water partition coefficient (Wildman–Crippen LogP) is 3.38. The third-order valence-corrected chi connectivity index (χ3v) is 6.24. The number of nitrogens with zero attached hydrogens (tertiary/aromatic N) is 2. The highest BCUT2D eigenvalue weighted by molar-refractivity contribution is 6.44. The number of carbonyl (C=O) groups is 2. The second-order valence-corrected chi connectivity index (χ2v) is 8.53. The Morgan fingerprint density at radius 1 is 1.30 bits per heavy atom. The quantitative estimate of drug-likeness (QED) is 0.665. The highest BCUT2D eigenvalue weighted by Crippen LogP contribution is 2.33. The number of anilines is 3. The van der Waals surface area contributed by atoms with Gasteiger partial charge in [-0.1, -0.05) is 36.2 Å². The Morgan fingerprint density at radius 2 is 2.10 bits per heavy atom. The van der Waals surface area contributed by atoms with Crippen molar-refractivity contribution in [3.05, 3.63) is 44.2 Å². The molecule has 3 heterocycles. The molecule has 0 radical (unpaired) electrons. The molecular weight excluding hydrogens is 429 g/mol. The van der Waals surface area contributed by atoms with Gasteiger partial charge < -0.3 is 15.5 Å². The van der Waals surface area contributed by atoms with Crippen LogP contribution < -0.4 is 21.1 Å². The molecule has 1 aromatic heterocycles. The van der Waals surface area contributed by atoms with Crippen LogP contribution in [0.5, 0.6) is 0 Å². The number of amides is 2. The summed E-state index contributed by atoms with van der Waals surface area (Å²) in [5.74, 6) is -0.882. The first-order valence-electron chi connectivity index (χ1n) is 9.77. The van der Waals surface area contributed by atoms with E-state index in [1.165, 1.54) is 0 Å². The smallest absolute Gasteiger partial charge is 0.258 e. The maximum Gasteiger partial charge on any atom is 0.258 e. The zero-order chi connectivity index (χ0) is 21.4. The molecule has 4 rings (SSSR count). The molecule has 1 fully saturated rings. The van der Waals surface area contributed by atoms with Gasteiger partial charge in [-0.15, -0.1) is 0 Å². The largest absolute Gasteiger partial charge is 0.342 e. The first-order valence-corrected chi connectivity index (χ1v) is 10.5.